The largest absolute Gasteiger partial charge is 0.339 e. The van der Waals surface area contributed by atoms with Crippen LogP contribution >= 0.6 is 0 Å². The Morgan fingerprint density at radius 2 is 2.00 bits per heavy atom. The molecule has 0 spiro atoms. The third-order valence-corrected chi connectivity index (χ3v) is 2.66. The van der Waals surface area contributed by atoms with Gasteiger partial charge in [0.15, 0.2) is 0 Å². The highest BCUT2D eigenvalue weighted by Crippen LogP contribution is 2.35. The third kappa shape index (κ3) is 1.62. The smallest absolute Gasteiger partial charge is 0.225 e. The van der Waals surface area contributed by atoms with E-state index >= 15 is 0 Å². The fourth-order valence-corrected chi connectivity index (χ4v) is 1.66. The van der Waals surface area contributed by atoms with Crippen LogP contribution in [0, 0.1) is 5.92 Å². The zero-order chi connectivity index (χ0) is 8.55. The molecule has 0 atom stereocenters. The number of amides is 1. The quantitative estimate of drug-likeness (QED) is 0.625. The summed E-state index contributed by atoms with van der Waals surface area (Å²) in [5, 5.41) is 0. The molecule has 12 heavy (non-hydrogen) atoms. The van der Waals surface area contributed by atoms with E-state index in [1.54, 1.807) is 0 Å². The second-order valence-electron chi connectivity index (χ2n) is 4.04. The van der Waals surface area contributed by atoms with Gasteiger partial charge in [0.1, 0.15) is 0 Å². The summed E-state index contributed by atoms with van der Waals surface area (Å²) < 4.78 is 0. The maximum atomic E-state index is 11.7. The van der Waals surface area contributed by atoms with Crippen molar-refractivity contribution in [2.45, 2.75) is 45.1 Å². The highest BCUT2D eigenvalue weighted by molar-refractivity contribution is 5.81. The summed E-state index contributed by atoms with van der Waals surface area (Å²) in [5.74, 6) is 0.858. The van der Waals surface area contributed by atoms with Crippen molar-refractivity contribution in [2.75, 3.05) is 6.54 Å². The maximum Gasteiger partial charge on any atom is 0.225 e. The van der Waals surface area contributed by atoms with Crippen LogP contribution in [0.1, 0.15) is 39.0 Å². The first-order valence-corrected chi connectivity index (χ1v) is 5.13. The first kappa shape index (κ1) is 8.09. The molecular weight excluding hydrogens is 150 g/mol. The van der Waals surface area contributed by atoms with E-state index in [4.69, 9.17) is 0 Å². The van der Waals surface area contributed by atoms with Gasteiger partial charge in [-0.15, -0.1) is 0 Å². The minimum Gasteiger partial charge on any atom is -0.339 e. The van der Waals surface area contributed by atoms with Crippen LogP contribution in [0.3, 0.4) is 0 Å². The van der Waals surface area contributed by atoms with E-state index in [0.717, 1.165) is 25.8 Å². The molecule has 2 fully saturated rings. The summed E-state index contributed by atoms with van der Waals surface area (Å²) >= 11 is 0. The number of carbonyl (C=O) groups excluding carboxylic acids is 1. The van der Waals surface area contributed by atoms with Crippen molar-refractivity contribution in [2.24, 2.45) is 5.92 Å². The number of carbonyl (C=O) groups is 1. The lowest BCUT2D eigenvalue weighted by molar-refractivity contribution is -0.133. The van der Waals surface area contributed by atoms with Crippen LogP contribution in [0.4, 0.5) is 0 Å². The second-order valence-corrected chi connectivity index (χ2v) is 4.04. The normalized spacial score (nSPS) is 22.4. The molecule has 1 amide bonds. The van der Waals surface area contributed by atoms with Crippen molar-refractivity contribution in [1.29, 1.82) is 0 Å². The van der Waals surface area contributed by atoms with Crippen LogP contribution in [0.2, 0.25) is 0 Å². The van der Waals surface area contributed by atoms with Crippen LogP contribution in [-0.4, -0.2) is 23.4 Å². The number of rotatable bonds is 4. The lowest BCUT2D eigenvalue weighted by Crippen LogP contribution is -2.34. The summed E-state index contributed by atoms with van der Waals surface area (Å²) in [6.07, 6.45) is 5.89. The Kier molecular flexibility index (Phi) is 2.07. The van der Waals surface area contributed by atoms with Crippen molar-refractivity contribution in [1.82, 2.24) is 4.90 Å². The average Bonchev–Trinajstić information content (AvgIpc) is 2.88. The first-order valence-electron chi connectivity index (χ1n) is 5.13. The minimum atomic E-state index is 0.414. The van der Waals surface area contributed by atoms with Gasteiger partial charge in [-0.1, -0.05) is 6.92 Å². The Morgan fingerprint density at radius 3 is 2.42 bits per heavy atom. The molecule has 2 rings (SSSR count). The number of hydrogen-bond acceptors (Lipinski definition) is 1. The topological polar surface area (TPSA) is 20.3 Å². The number of nitrogens with zero attached hydrogens (tertiary/aromatic N) is 1. The summed E-state index contributed by atoms with van der Waals surface area (Å²) in [7, 11) is 0. The Balaban J connectivity index is 1.89. The monoisotopic (exact) mass is 167 g/mol. The summed E-state index contributed by atoms with van der Waals surface area (Å²) in [5.41, 5.74) is 0. The first-order chi connectivity index (χ1) is 5.83. The molecule has 0 aromatic heterocycles. The van der Waals surface area contributed by atoms with Crippen LogP contribution in [0.5, 0.6) is 0 Å². The van der Waals surface area contributed by atoms with Gasteiger partial charge in [0.25, 0.3) is 0 Å². The molecule has 2 aliphatic carbocycles. The second kappa shape index (κ2) is 3.08. The van der Waals surface area contributed by atoms with Gasteiger partial charge in [-0.05, 0) is 32.1 Å². The lowest BCUT2D eigenvalue weighted by Gasteiger charge is -2.21. The predicted octanol–water partition coefficient (Wildman–Crippen LogP) is 1.80. The molecule has 0 heterocycles. The molecule has 68 valence electrons. The van der Waals surface area contributed by atoms with Gasteiger partial charge in [-0.2, -0.15) is 0 Å². The Bertz CT molecular complexity index is 182. The lowest BCUT2D eigenvalue weighted by atomic mass is 10.3. The SMILES string of the molecule is CCCN(C(=O)C1CC1)C1CC1. The van der Waals surface area contributed by atoms with Crippen molar-refractivity contribution in [3.63, 3.8) is 0 Å². The van der Waals surface area contributed by atoms with Gasteiger partial charge >= 0.3 is 0 Å². The van der Waals surface area contributed by atoms with Gasteiger partial charge in [0.2, 0.25) is 5.91 Å². The zero-order valence-corrected chi connectivity index (χ0v) is 7.75. The Hall–Kier alpha value is -0.530. The van der Waals surface area contributed by atoms with Gasteiger partial charge in [-0.25, -0.2) is 0 Å². The van der Waals surface area contributed by atoms with Crippen molar-refractivity contribution < 1.29 is 4.79 Å². The fraction of sp³-hybridized carbons (Fsp3) is 0.900. The summed E-state index contributed by atoms with van der Waals surface area (Å²) in [4.78, 5) is 13.8. The highest BCUT2D eigenvalue weighted by atomic mass is 16.2. The van der Waals surface area contributed by atoms with E-state index in [-0.39, 0.29) is 0 Å². The van der Waals surface area contributed by atoms with Crippen LogP contribution in [-0.2, 0) is 4.79 Å². The highest BCUT2D eigenvalue weighted by Gasteiger charge is 2.39. The van der Waals surface area contributed by atoms with Crippen LogP contribution < -0.4 is 0 Å². The molecule has 2 heteroatoms. The van der Waals surface area contributed by atoms with E-state index in [9.17, 15) is 4.79 Å². The third-order valence-electron chi connectivity index (χ3n) is 2.66. The molecule has 0 unspecified atom stereocenters. The van der Waals surface area contributed by atoms with Crippen LogP contribution in [0.25, 0.3) is 0 Å². The summed E-state index contributed by atoms with van der Waals surface area (Å²) in [6, 6.07) is 0.623. The molecule has 0 saturated heterocycles. The zero-order valence-electron chi connectivity index (χ0n) is 7.75. The summed E-state index contributed by atoms with van der Waals surface area (Å²) in [6.45, 7) is 3.13. The molecule has 0 aromatic carbocycles. The number of hydrogen-bond donors (Lipinski definition) is 0. The molecule has 0 radical (unpaired) electrons. The van der Waals surface area contributed by atoms with E-state index < -0.39 is 0 Å². The van der Waals surface area contributed by atoms with E-state index in [1.165, 1.54) is 12.8 Å². The standard InChI is InChI=1S/C10H17NO/c1-2-7-11(9-5-6-9)10(12)8-3-4-8/h8-9H,2-7H2,1H3. The maximum absolute atomic E-state index is 11.7. The van der Waals surface area contributed by atoms with Gasteiger partial charge in [0.05, 0.1) is 0 Å². The molecule has 0 aromatic rings. The van der Waals surface area contributed by atoms with Crippen LogP contribution in [0.15, 0.2) is 0 Å². The molecule has 2 saturated carbocycles. The van der Waals surface area contributed by atoms with E-state index in [0.29, 0.717) is 17.9 Å². The predicted molar refractivity (Wildman–Crippen MR) is 47.8 cm³/mol. The molecular formula is C10H17NO. The van der Waals surface area contributed by atoms with Crippen molar-refractivity contribution in [3.05, 3.63) is 0 Å². The molecule has 0 aliphatic heterocycles. The van der Waals surface area contributed by atoms with Crippen molar-refractivity contribution >= 4 is 5.91 Å². The van der Waals surface area contributed by atoms with E-state index in [2.05, 4.69) is 11.8 Å². The fourth-order valence-electron chi connectivity index (χ4n) is 1.66. The molecule has 0 bridgehead atoms. The molecule has 2 nitrogen and oxygen atoms in total. The Morgan fingerprint density at radius 1 is 1.33 bits per heavy atom. The van der Waals surface area contributed by atoms with Gasteiger partial charge in [-0.3, -0.25) is 4.79 Å². The minimum absolute atomic E-state index is 0.414. The molecule has 0 N–H and O–H groups in total. The molecule has 2 aliphatic rings. The van der Waals surface area contributed by atoms with E-state index in [1.807, 2.05) is 0 Å². The Labute approximate surface area is 73.9 Å². The average molecular weight is 167 g/mol. The van der Waals surface area contributed by atoms with Crippen molar-refractivity contribution in [3.8, 4) is 0 Å². The van der Waals surface area contributed by atoms with Gasteiger partial charge < -0.3 is 4.90 Å². The van der Waals surface area contributed by atoms with Gasteiger partial charge in [0, 0.05) is 18.5 Å².